The molecule has 1 aromatic rings. The van der Waals surface area contributed by atoms with Crippen LogP contribution >= 0.6 is 12.4 Å². The lowest BCUT2D eigenvalue weighted by molar-refractivity contribution is -0.133. The Labute approximate surface area is 154 Å². The van der Waals surface area contributed by atoms with Gasteiger partial charge in [0.25, 0.3) is 5.91 Å². The zero-order valence-corrected chi connectivity index (χ0v) is 15.7. The lowest BCUT2D eigenvalue weighted by atomic mass is 10.0. The number of hydrogen-bond donors (Lipinski definition) is 3. The van der Waals surface area contributed by atoms with Gasteiger partial charge in [-0.25, -0.2) is 0 Å². The molecule has 7 nitrogen and oxygen atoms in total. The van der Waals surface area contributed by atoms with Gasteiger partial charge in [-0.05, 0) is 18.8 Å². The second kappa shape index (κ2) is 8.67. The number of nitrogens with one attached hydrogen (secondary N) is 3. The number of H-pyrrole nitrogens is 1. The van der Waals surface area contributed by atoms with Crippen LogP contribution in [0.15, 0.2) is 0 Å². The highest BCUT2D eigenvalue weighted by atomic mass is 35.5. The zero-order chi connectivity index (χ0) is 17.1. The van der Waals surface area contributed by atoms with E-state index in [1.807, 2.05) is 4.90 Å². The molecule has 8 heteroatoms. The SMILES string of the molecule is CC(C)CC(=O)N1CCC(NC(=O)c2n[nH]c3c2CNCC3)CC1.Cl. The van der Waals surface area contributed by atoms with Crippen molar-refractivity contribution in [3.63, 3.8) is 0 Å². The van der Waals surface area contributed by atoms with E-state index in [-0.39, 0.29) is 30.3 Å². The smallest absolute Gasteiger partial charge is 0.272 e. The average Bonchev–Trinajstić information content (AvgIpc) is 2.99. The number of piperidine rings is 1. The zero-order valence-electron chi connectivity index (χ0n) is 14.9. The molecule has 0 saturated carbocycles. The van der Waals surface area contributed by atoms with E-state index >= 15 is 0 Å². The summed E-state index contributed by atoms with van der Waals surface area (Å²) < 4.78 is 0. The summed E-state index contributed by atoms with van der Waals surface area (Å²) >= 11 is 0. The number of carbonyl (C=O) groups is 2. The van der Waals surface area contributed by atoms with Crippen molar-refractivity contribution in [3.8, 4) is 0 Å². The first kappa shape index (κ1) is 19.7. The molecule has 0 bridgehead atoms. The van der Waals surface area contributed by atoms with Gasteiger partial charge in [-0.1, -0.05) is 13.8 Å². The summed E-state index contributed by atoms with van der Waals surface area (Å²) in [6, 6.07) is 0.115. The van der Waals surface area contributed by atoms with Gasteiger partial charge in [0.05, 0.1) is 0 Å². The van der Waals surface area contributed by atoms with E-state index in [9.17, 15) is 9.59 Å². The predicted octanol–water partition coefficient (Wildman–Crippen LogP) is 1.24. The minimum Gasteiger partial charge on any atom is -0.348 e. The first-order valence-corrected chi connectivity index (χ1v) is 8.90. The lowest BCUT2D eigenvalue weighted by Gasteiger charge is -2.32. The monoisotopic (exact) mass is 369 g/mol. The van der Waals surface area contributed by atoms with Crippen molar-refractivity contribution in [1.82, 2.24) is 25.7 Å². The Morgan fingerprint density at radius 2 is 2.04 bits per heavy atom. The van der Waals surface area contributed by atoms with Crippen LogP contribution in [-0.2, 0) is 17.8 Å². The van der Waals surface area contributed by atoms with E-state index in [1.165, 1.54) is 0 Å². The molecule has 0 spiro atoms. The fourth-order valence-corrected chi connectivity index (χ4v) is 3.42. The maximum Gasteiger partial charge on any atom is 0.272 e. The number of hydrogen-bond acceptors (Lipinski definition) is 4. The molecular formula is C17H28ClN5O2. The van der Waals surface area contributed by atoms with Gasteiger partial charge in [-0.3, -0.25) is 14.7 Å². The van der Waals surface area contributed by atoms with Crippen molar-refractivity contribution >= 4 is 24.2 Å². The van der Waals surface area contributed by atoms with Gasteiger partial charge < -0.3 is 15.5 Å². The highest BCUT2D eigenvalue weighted by Crippen LogP contribution is 2.17. The van der Waals surface area contributed by atoms with Crippen molar-refractivity contribution in [3.05, 3.63) is 17.0 Å². The molecule has 0 radical (unpaired) electrons. The first-order valence-electron chi connectivity index (χ1n) is 8.90. The topological polar surface area (TPSA) is 90.1 Å². The van der Waals surface area contributed by atoms with Crippen molar-refractivity contribution in [2.75, 3.05) is 19.6 Å². The standard InChI is InChI=1S/C17H27N5O2.ClH/c1-11(2)9-15(23)22-7-4-12(5-8-22)19-17(24)16-13-10-18-6-3-14(13)20-21-16;/h11-12,18H,3-10H2,1-2H3,(H,19,24)(H,20,21);1H. The summed E-state index contributed by atoms with van der Waals surface area (Å²) in [5.41, 5.74) is 2.56. The molecule has 2 amide bonds. The largest absolute Gasteiger partial charge is 0.348 e. The molecule has 1 saturated heterocycles. The van der Waals surface area contributed by atoms with E-state index in [0.29, 0.717) is 24.6 Å². The number of amides is 2. The van der Waals surface area contributed by atoms with Crippen molar-refractivity contribution < 1.29 is 9.59 Å². The maximum absolute atomic E-state index is 12.5. The third-order valence-electron chi connectivity index (χ3n) is 4.79. The van der Waals surface area contributed by atoms with Gasteiger partial charge in [0.2, 0.25) is 5.91 Å². The van der Waals surface area contributed by atoms with Crippen molar-refractivity contribution in [2.45, 2.75) is 52.1 Å². The molecule has 3 N–H and O–H groups in total. The van der Waals surface area contributed by atoms with E-state index in [1.54, 1.807) is 0 Å². The number of aromatic amines is 1. The van der Waals surface area contributed by atoms with E-state index < -0.39 is 0 Å². The van der Waals surface area contributed by atoms with Crippen LogP contribution < -0.4 is 10.6 Å². The minimum atomic E-state index is -0.108. The van der Waals surface area contributed by atoms with Crippen LogP contribution in [0.25, 0.3) is 0 Å². The third-order valence-corrected chi connectivity index (χ3v) is 4.79. The third kappa shape index (κ3) is 4.73. The van der Waals surface area contributed by atoms with E-state index in [0.717, 1.165) is 50.2 Å². The Morgan fingerprint density at radius 3 is 2.72 bits per heavy atom. The first-order chi connectivity index (χ1) is 11.5. The Kier molecular flexibility index (Phi) is 6.84. The second-order valence-corrected chi connectivity index (χ2v) is 7.18. The maximum atomic E-state index is 12.5. The molecule has 1 aromatic heterocycles. The normalized spacial score (nSPS) is 17.8. The fourth-order valence-electron chi connectivity index (χ4n) is 3.42. The minimum absolute atomic E-state index is 0. The molecule has 1 fully saturated rings. The van der Waals surface area contributed by atoms with Crippen molar-refractivity contribution in [2.24, 2.45) is 5.92 Å². The van der Waals surface area contributed by atoms with Crippen LogP contribution in [0, 0.1) is 5.92 Å². The van der Waals surface area contributed by atoms with Crippen LogP contribution in [0.3, 0.4) is 0 Å². The Hall–Kier alpha value is -1.60. The van der Waals surface area contributed by atoms with E-state index in [2.05, 4.69) is 34.7 Å². The van der Waals surface area contributed by atoms with E-state index in [4.69, 9.17) is 0 Å². The molecule has 3 heterocycles. The number of aromatic nitrogens is 2. The number of carbonyl (C=O) groups excluding carboxylic acids is 2. The Morgan fingerprint density at radius 1 is 1.32 bits per heavy atom. The number of nitrogens with zero attached hydrogens (tertiary/aromatic N) is 2. The highest BCUT2D eigenvalue weighted by molar-refractivity contribution is 5.94. The fraction of sp³-hybridized carbons (Fsp3) is 0.706. The van der Waals surface area contributed by atoms with Crippen LogP contribution in [0.1, 0.15) is 54.9 Å². The molecule has 0 aromatic carbocycles. The van der Waals surface area contributed by atoms with Gasteiger partial charge in [0.15, 0.2) is 5.69 Å². The highest BCUT2D eigenvalue weighted by Gasteiger charge is 2.27. The molecule has 0 atom stereocenters. The molecule has 0 aliphatic carbocycles. The van der Waals surface area contributed by atoms with Crippen LogP contribution in [-0.4, -0.2) is 52.6 Å². The summed E-state index contributed by atoms with van der Waals surface area (Å²) in [7, 11) is 0. The summed E-state index contributed by atoms with van der Waals surface area (Å²) in [5.74, 6) is 0.500. The summed E-state index contributed by atoms with van der Waals surface area (Å²) in [4.78, 5) is 26.5. The molecule has 0 unspecified atom stereocenters. The predicted molar refractivity (Wildman–Crippen MR) is 97.8 cm³/mol. The molecule has 25 heavy (non-hydrogen) atoms. The van der Waals surface area contributed by atoms with Gasteiger partial charge in [-0.2, -0.15) is 5.10 Å². The molecule has 140 valence electrons. The quantitative estimate of drug-likeness (QED) is 0.745. The molecule has 3 rings (SSSR count). The summed E-state index contributed by atoms with van der Waals surface area (Å²) in [6.45, 7) is 7.16. The molecule has 2 aliphatic heterocycles. The summed E-state index contributed by atoms with van der Waals surface area (Å²) in [6.07, 6.45) is 3.09. The van der Waals surface area contributed by atoms with Gasteiger partial charge in [0.1, 0.15) is 0 Å². The lowest BCUT2D eigenvalue weighted by Crippen LogP contribution is -2.47. The molecule has 2 aliphatic rings. The number of fused-ring (bicyclic) bond motifs is 1. The number of likely N-dealkylation sites (tertiary alicyclic amines) is 1. The second-order valence-electron chi connectivity index (χ2n) is 7.18. The van der Waals surface area contributed by atoms with Crippen LogP contribution in [0.5, 0.6) is 0 Å². The van der Waals surface area contributed by atoms with Crippen LogP contribution in [0.2, 0.25) is 0 Å². The number of halogens is 1. The summed E-state index contributed by atoms with van der Waals surface area (Å²) in [5, 5.41) is 13.5. The van der Waals surface area contributed by atoms with Gasteiger partial charge >= 0.3 is 0 Å². The van der Waals surface area contributed by atoms with Crippen LogP contribution in [0.4, 0.5) is 0 Å². The molecular weight excluding hydrogens is 342 g/mol. The Bertz CT molecular complexity index is 608. The average molecular weight is 370 g/mol. The van der Waals surface area contributed by atoms with Crippen molar-refractivity contribution in [1.29, 1.82) is 0 Å². The van der Waals surface area contributed by atoms with Gasteiger partial charge in [0, 0.05) is 56.3 Å². The number of rotatable bonds is 4. The Balaban J connectivity index is 0.00000225. The van der Waals surface area contributed by atoms with Gasteiger partial charge in [-0.15, -0.1) is 12.4 Å².